The summed E-state index contributed by atoms with van der Waals surface area (Å²) in [6, 6.07) is 4.22. The molecule has 1 aromatic rings. The van der Waals surface area contributed by atoms with E-state index < -0.39 is 0 Å². The van der Waals surface area contributed by atoms with Crippen LogP contribution < -0.4 is 14.2 Å². The molecule has 0 saturated carbocycles. The SMILES string of the molecule is COc1ccc(CN(C)C(=O)CN2CCCCC2C)c(OC)c1OC. The number of amides is 1. The fourth-order valence-electron chi connectivity index (χ4n) is 3.32. The van der Waals surface area contributed by atoms with Gasteiger partial charge in [0, 0.05) is 25.2 Å². The predicted octanol–water partition coefficient (Wildman–Crippen LogP) is 2.55. The third-order valence-electron chi connectivity index (χ3n) is 4.90. The van der Waals surface area contributed by atoms with Crippen LogP contribution in [0, 0.1) is 0 Å². The monoisotopic (exact) mass is 350 g/mol. The summed E-state index contributed by atoms with van der Waals surface area (Å²) in [5, 5.41) is 0. The molecule has 1 atom stereocenters. The summed E-state index contributed by atoms with van der Waals surface area (Å²) < 4.78 is 16.2. The van der Waals surface area contributed by atoms with E-state index in [1.807, 2.05) is 19.2 Å². The number of carbonyl (C=O) groups is 1. The van der Waals surface area contributed by atoms with E-state index in [1.54, 1.807) is 26.2 Å². The van der Waals surface area contributed by atoms with Crippen molar-refractivity contribution in [3.05, 3.63) is 17.7 Å². The standard InChI is InChI=1S/C19H30N2O4/c1-14-8-6-7-11-21(14)13-17(22)20(2)12-15-9-10-16(23-3)19(25-5)18(15)24-4/h9-10,14H,6-8,11-13H2,1-5H3. The Labute approximate surface area is 150 Å². The molecule has 0 N–H and O–H groups in total. The van der Waals surface area contributed by atoms with Gasteiger partial charge in [0.2, 0.25) is 11.7 Å². The molecule has 0 bridgehead atoms. The molecule has 0 aromatic heterocycles. The van der Waals surface area contributed by atoms with E-state index in [4.69, 9.17) is 14.2 Å². The Balaban J connectivity index is 2.08. The van der Waals surface area contributed by atoms with E-state index in [0.29, 0.717) is 36.4 Å². The number of nitrogens with zero attached hydrogens (tertiary/aromatic N) is 2. The van der Waals surface area contributed by atoms with Crippen molar-refractivity contribution in [1.82, 2.24) is 9.80 Å². The lowest BCUT2D eigenvalue weighted by atomic mass is 10.0. The first-order valence-corrected chi connectivity index (χ1v) is 8.77. The Morgan fingerprint density at radius 2 is 1.88 bits per heavy atom. The number of hydrogen-bond donors (Lipinski definition) is 0. The second kappa shape index (κ2) is 8.94. The summed E-state index contributed by atoms with van der Waals surface area (Å²) in [5.41, 5.74) is 0.891. The van der Waals surface area contributed by atoms with E-state index in [1.165, 1.54) is 19.3 Å². The van der Waals surface area contributed by atoms with Crippen LogP contribution in [-0.4, -0.2) is 63.2 Å². The number of carbonyl (C=O) groups excluding carboxylic acids is 1. The molecule has 140 valence electrons. The molecule has 2 rings (SSSR count). The van der Waals surface area contributed by atoms with Gasteiger partial charge < -0.3 is 19.1 Å². The maximum Gasteiger partial charge on any atom is 0.236 e. The van der Waals surface area contributed by atoms with Crippen molar-refractivity contribution in [2.75, 3.05) is 41.5 Å². The Morgan fingerprint density at radius 3 is 2.48 bits per heavy atom. The zero-order valence-corrected chi connectivity index (χ0v) is 16.0. The minimum Gasteiger partial charge on any atom is -0.493 e. The lowest BCUT2D eigenvalue weighted by Crippen LogP contribution is -2.44. The number of hydrogen-bond acceptors (Lipinski definition) is 5. The maximum atomic E-state index is 12.6. The topological polar surface area (TPSA) is 51.2 Å². The highest BCUT2D eigenvalue weighted by atomic mass is 16.5. The summed E-state index contributed by atoms with van der Waals surface area (Å²) in [7, 11) is 6.59. The van der Waals surface area contributed by atoms with Gasteiger partial charge in [-0.1, -0.05) is 6.42 Å². The Morgan fingerprint density at radius 1 is 1.16 bits per heavy atom. The highest BCUT2D eigenvalue weighted by Gasteiger charge is 2.23. The normalized spacial score (nSPS) is 17.9. The lowest BCUT2D eigenvalue weighted by molar-refractivity contribution is -0.132. The molecule has 0 aliphatic carbocycles. The van der Waals surface area contributed by atoms with Crippen LogP contribution in [0.2, 0.25) is 0 Å². The van der Waals surface area contributed by atoms with Crippen LogP contribution in [0.3, 0.4) is 0 Å². The fraction of sp³-hybridized carbons (Fsp3) is 0.632. The summed E-state index contributed by atoms with van der Waals surface area (Å²) in [6.45, 7) is 4.13. The summed E-state index contributed by atoms with van der Waals surface area (Å²) >= 11 is 0. The summed E-state index contributed by atoms with van der Waals surface area (Å²) in [6.07, 6.45) is 3.59. The molecule has 1 heterocycles. The molecule has 0 radical (unpaired) electrons. The molecule has 1 aliphatic heterocycles. The fourth-order valence-corrected chi connectivity index (χ4v) is 3.32. The van der Waals surface area contributed by atoms with Crippen LogP contribution in [0.4, 0.5) is 0 Å². The molecule has 1 aromatic carbocycles. The molecule has 1 unspecified atom stereocenters. The van der Waals surface area contributed by atoms with Crippen LogP contribution in [-0.2, 0) is 11.3 Å². The van der Waals surface area contributed by atoms with Gasteiger partial charge in [-0.05, 0) is 38.4 Å². The van der Waals surface area contributed by atoms with Gasteiger partial charge in [0.05, 0.1) is 27.9 Å². The number of ether oxygens (including phenoxy) is 3. The van der Waals surface area contributed by atoms with Crippen molar-refractivity contribution >= 4 is 5.91 Å². The van der Waals surface area contributed by atoms with Gasteiger partial charge >= 0.3 is 0 Å². The third-order valence-corrected chi connectivity index (χ3v) is 4.90. The summed E-state index contributed by atoms with van der Waals surface area (Å²) in [4.78, 5) is 16.6. The Bertz CT molecular complexity index is 591. The van der Waals surface area contributed by atoms with Crippen LogP contribution in [0.25, 0.3) is 0 Å². The van der Waals surface area contributed by atoms with Crippen molar-refractivity contribution in [2.24, 2.45) is 0 Å². The number of rotatable bonds is 7. The third kappa shape index (κ3) is 4.57. The van der Waals surface area contributed by atoms with Crippen molar-refractivity contribution in [2.45, 2.75) is 38.8 Å². The predicted molar refractivity (Wildman–Crippen MR) is 97.5 cm³/mol. The number of likely N-dealkylation sites (tertiary alicyclic amines) is 1. The minimum absolute atomic E-state index is 0.116. The Kier molecular flexibility index (Phi) is 6.93. The van der Waals surface area contributed by atoms with Crippen LogP contribution in [0.15, 0.2) is 12.1 Å². The highest BCUT2D eigenvalue weighted by molar-refractivity contribution is 5.78. The average molecular weight is 350 g/mol. The van der Waals surface area contributed by atoms with Crippen molar-refractivity contribution in [3.63, 3.8) is 0 Å². The van der Waals surface area contributed by atoms with Crippen molar-refractivity contribution in [3.8, 4) is 17.2 Å². The van der Waals surface area contributed by atoms with Gasteiger partial charge in [0.15, 0.2) is 11.5 Å². The van der Waals surface area contributed by atoms with E-state index in [-0.39, 0.29) is 5.91 Å². The first kappa shape index (κ1) is 19.4. The van der Waals surface area contributed by atoms with Gasteiger partial charge in [-0.2, -0.15) is 0 Å². The Hall–Kier alpha value is -1.95. The molecule has 1 saturated heterocycles. The van der Waals surface area contributed by atoms with Gasteiger partial charge in [0.25, 0.3) is 0 Å². The summed E-state index contributed by atoms with van der Waals surface area (Å²) in [5.74, 6) is 1.88. The van der Waals surface area contributed by atoms with Crippen molar-refractivity contribution < 1.29 is 19.0 Å². The molecule has 0 spiro atoms. The molecule has 25 heavy (non-hydrogen) atoms. The van der Waals surface area contributed by atoms with Crippen molar-refractivity contribution in [1.29, 1.82) is 0 Å². The lowest BCUT2D eigenvalue weighted by Gasteiger charge is -2.33. The smallest absolute Gasteiger partial charge is 0.236 e. The second-order valence-electron chi connectivity index (χ2n) is 6.56. The van der Waals surface area contributed by atoms with Crippen LogP contribution >= 0.6 is 0 Å². The number of piperidine rings is 1. The zero-order chi connectivity index (χ0) is 18.4. The molecular formula is C19H30N2O4. The molecule has 6 heteroatoms. The second-order valence-corrected chi connectivity index (χ2v) is 6.56. The molecule has 1 amide bonds. The quantitative estimate of drug-likeness (QED) is 0.756. The van der Waals surface area contributed by atoms with Gasteiger partial charge in [-0.15, -0.1) is 0 Å². The maximum absolute atomic E-state index is 12.6. The van der Waals surface area contributed by atoms with Crippen LogP contribution in [0.5, 0.6) is 17.2 Å². The van der Waals surface area contributed by atoms with Gasteiger partial charge in [-0.3, -0.25) is 9.69 Å². The highest BCUT2D eigenvalue weighted by Crippen LogP contribution is 2.40. The molecule has 6 nitrogen and oxygen atoms in total. The number of likely N-dealkylation sites (N-methyl/N-ethyl adjacent to an activating group) is 1. The first-order chi connectivity index (χ1) is 12.0. The molecular weight excluding hydrogens is 320 g/mol. The van der Waals surface area contributed by atoms with E-state index in [0.717, 1.165) is 12.1 Å². The molecule has 1 fully saturated rings. The number of benzene rings is 1. The molecule has 1 aliphatic rings. The van der Waals surface area contributed by atoms with E-state index in [9.17, 15) is 4.79 Å². The average Bonchev–Trinajstić information content (AvgIpc) is 2.62. The van der Waals surface area contributed by atoms with E-state index >= 15 is 0 Å². The zero-order valence-electron chi connectivity index (χ0n) is 16.0. The van der Waals surface area contributed by atoms with Gasteiger partial charge in [-0.25, -0.2) is 0 Å². The minimum atomic E-state index is 0.116. The van der Waals surface area contributed by atoms with Crippen LogP contribution in [0.1, 0.15) is 31.7 Å². The van der Waals surface area contributed by atoms with Gasteiger partial charge in [0.1, 0.15) is 0 Å². The van der Waals surface area contributed by atoms with E-state index in [2.05, 4.69) is 11.8 Å². The number of methoxy groups -OCH3 is 3. The largest absolute Gasteiger partial charge is 0.493 e. The first-order valence-electron chi connectivity index (χ1n) is 8.77.